The van der Waals surface area contributed by atoms with Crippen LogP contribution < -0.4 is 0 Å². The summed E-state index contributed by atoms with van der Waals surface area (Å²) in [5.74, 6) is -1.32. The van der Waals surface area contributed by atoms with Crippen LogP contribution in [0, 0.1) is 11.8 Å². The molecule has 2 fully saturated rings. The van der Waals surface area contributed by atoms with Gasteiger partial charge in [0.15, 0.2) is 0 Å². The first-order chi connectivity index (χ1) is 18.4. The van der Waals surface area contributed by atoms with E-state index in [0.717, 1.165) is 18.4 Å². The number of aliphatic hydroxyl groups is 1. The van der Waals surface area contributed by atoms with E-state index in [2.05, 4.69) is 32.1 Å². The van der Waals surface area contributed by atoms with Gasteiger partial charge in [0, 0.05) is 44.1 Å². The molecule has 4 aliphatic heterocycles. The number of likely N-dealkylation sites (tertiary alicyclic amines) is 1. The van der Waals surface area contributed by atoms with Crippen LogP contribution in [0.25, 0.3) is 0 Å². The fourth-order valence-electron chi connectivity index (χ4n) is 6.75. The van der Waals surface area contributed by atoms with E-state index < -0.39 is 27.4 Å². The minimum absolute atomic E-state index is 0.0200. The molecule has 1 spiro atoms. The van der Waals surface area contributed by atoms with Gasteiger partial charge in [-0.2, -0.15) is 0 Å². The van der Waals surface area contributed by atoms with Gasteiger partial charge >= 0.3 is 0 Å². The van der Waals surface area contributed by atoms with Gasteiger partial charge in [-0.3, -0.25) is 14.4 Å². The summed E-state index contributed by atoms with van der Waals surface area (Å²) in [4.78, 5) is 48.2. The van der Waals surface area contributed by atoms with Crippen LogP contribution in [0.1, 0.15) is 45.1 Å². The van der Waals surface area contributed by atoms with Crippen LogP contribution in [-0.4, -0.2) is 85.8 Å². The van der Waals surface area contributed by atoms with Crippen LogP contribution in [-0.2, 0) is 20.9 Å². The predicted molar refractivity (Wildman–Crippen MR) is 149 cm³/mol. The van der Waals surface area contributed by atoms with E-state index in [1.165, 1.54) is 0 Å². The zero-order valence-corrected chi connectivity index (χ0v) is 23.2. The number of benzene rings is 1. The van der Waals surface area contributed by atoms with Crippen LogP contribution in [0.3, 0.4) is 0 Å². The molecule has 38 heavy (non-hydrogen) atoms. The Labute approximate surface area is 229 Å². The van der Waals surface area contributed by atoms with Crippen molar-refractivity contribution in [1.29, 1.82) is 0 Å². The second-order valence-corrected chi connectivity index (χ2v) is 12.9. The van der Waals surface area contributed by atoms with E-state index in [0.29, 0.717) is 45.6 Å². The molecule has 4 heterocycles. The van der Waals surface area contributed by atoms with Crippen molar-refractivity contribution < 1.29 is 19.5 Å². The van der Waals surface area contributed by atoms with Gasteiger partial charge in [0.25, 0.3) is 0 Å². The van der Waals surface area contributed by atoms with Crippen molar-refractivity contribution >= 4 is 29.5 Å². The number of amides is 3. The summed E-state index contributed by atoms with van der Waals surface area (Å²) < 4.78 is -1.40. The topological polar surface area (TPSA) is 81.2 Å². The van der Waals surface area contributed by atoms with E-state index in [4.69, 9.17) is 0 Å². The number of thioether (sulfide) groups is 1. The standard InChI is InChI=1S/C30H39N3O4S/c1-3-4-16-31-17-11-15-30-24(27(36)33(19-8-9-20-34)25(30)28(31)37)23-26(35)32(18-10-14-29(23,2)38-30)21-22-12-6-5-7-13-22/h5-7,10-15,23-25,34H,3-4,8-9,16-21H2,1-2H3/t23-,24+,25?,29+,30+/m1/s1. The highest BCUT2D eigenvalue weighted by molar-refractivity contribution is 8.02. The maximum absolute atomic E-state index is 14.3. The number of nitrogens with zero attached hydrogens (tertiary/aromatic N) is 3. The smallest absolute Gasteiger partial charge is 0.247 e. The lowest BCUT2D eigenvalue weighted by molar-refractivity contribution is -0.145. The molecule has 0 saturated carbocycles. The number of carbonyl (C=O) groups excluding carboxylic acids is 3. The molecule has 3 amide bonds. The Morgan fingerprint density at radius 1 is 0.895 bits per heavy atom. The molecule has 0 radical (unpaired) electrons. The highest BCUT2D eigenvalue weighted by atomic mass is 32.2. The summed E-state index contributed by atoms with van der Waals surface area (Å²) >= 11 is 1.63. The van der Waals surface area contributed by atoms with Crippen LogP contribution in [0.5, 0.6) is 0 Å². The normalized spacial score (nSPS) is 32.3. The molecule has 0 aromatic heterocycles. The van der Waals surface area contributed by atoms with Crippen LogP contribution in [0.2, 0.25) is 0 Å². The first kappa shape index (κ1) is 27.0. The maximum Gasteiger partial charge on any atom is 0.247 e. The molecule has 4 aliphatic rings. The third kappa shape index (κ3) is 4.49. The summed E-state index contributed by atoms with van der Waals surface area (Å²) in [5.41, 5.74) is 1.05. The van der Waals surface area contributed by atoms with E-state index in [1.54, 1.807) is 16.7 Å². The van der Waals surface area contributed by atoms with Gasteiger partial charge in [0.2, 0.25) is 17.7 Å². The Bertz CT molecular complexity index is 1120. The van der Waals surface area contributed by atoms with Gasteiger partial charge in [0.1, 0.15) is 6.04 Å². The Balaban J connectivity index is 1.54. The summed E-state index contributed by atoms with van der Waals surface area (Å²) in [6.45, 7) is 6.79. The average Bonchev–Trinajstić information content (AvgIpc) is 3.18. The fourth-order valence-corrected chi connectivity index (χ4v) is 8.91. The summed E-state index contributed by atoms with van der Waals surface area (Å²) in [7, 11) is 0. The van der Waals surface area contributed by atoms with Crippen molar-refractivity contribution in [1.82, 2.24) is 14.7 Å². The fraction of sp³-hybridized carbons (Fsp3) is 0.567. The highest BCUT2D eigenvalue weighted by Crippen LogP contribution is 2.65. The zero-order valence-electron chi connectivity index (χ0n) is 22.4. The van der Waals surface area contributed by atoms with Gasteiger partial charge in [0.05, 0.1) is 16.6 Å². The number of rotatable bonds is 9. The molecule has 1 N–H and O–H groups in total. The first-order valence-electron chi connectivity index (χ1n) is 13.9. The summed E-state index contributed by atoms with van der Waals surface area (Å²) in [5, 5.41) is 9.39. The van der Waals surface area contributed by atoms with Gasteiger partial charge in [-0.15, -0.1) is 11.8 Å². The average molecular weight is 538 g/mol. The SMILES string of the molecule is CCCCN1CC=C[C@]23S[C@@]4(C)C=CCN(Cc5ccccc5)C(=O)[C@H]4[C@H]2C(=O)N(CCCCO)C3C1=O. The Kier molecular flexibility index (Phi) is 7.74. The van der Waals surface area contributed by atoms with E-state index in [1.807, 2.05) is 46.2 Å². The molecular formula is C30H39N3O4S. The Morgan fingerprint density at radius 3 is 2.37 bits per heavy atom. The van der Waals surface area contributed by atoms with Gasteiger partial charge in [-0.05, 0) is 31.7 Å². The third-order valence-electron chi connectivity index (χ3n) is 8.53. The minimum atomic E-state index is -0.802. The number of unbranched alkanes of at least 4 members (excludes halogenated alkanes) is 2. The number of fused-ring (bicyclic) bond motifs is 2. The van der Waals surface area contributed by atoms with Crippen LogP contribution >= 0.6 is 11.8 Å². The molecule has 1 aromatic rings. The van der Waals surface area contributed by atoms with Crippen molar-refractivity contribution in [3.63, 3.8) is 0 Å². The molecule has 8 heteroatoms. The van der Waals surface area contributed by atoms with Crippen LogP contribution in [0.4, 0.5) is 0 Å². The second-order valence-electron chi connectivity index (χ2n) is 11.1. The molecule has 1 aromatic carbocycles. The lowest BCUT2D eigenvalue weighted by atomic mass is 9.74. The van der Waals surface area contributed by atoms with E-state index >= 15 is 0 Å². The number of hydrogen-bond acceptors (Lipinski definition) is 5. The molecule has 7 nitrogen and oxygen atoms in total. The molecule has 5 rings (SSSR count). The predicted octanol–water partition coefficient (Wildman–Crippen LogP) is 3.24. The zero-order chi connectivity index (χ0) is 26.9. The quantitative estimate of drug-likeness (QED) is 0.386. The third-order valence-corrected chi connectivity index (χ3v) is 10.3. The van der Waals surface area contributed by atoms with Crippen molar-refractivity contribution in [2.45, 2.75) is 61.6 Å². The van der Waals surface area contributed by atoms with Crippen molar-refractivity contribution in [3.8, 4) is 0 Å². The lowest BCUT2D eigenvalue weighted by Gasteiger charge is -2.37. The monoisotopic (exact) mass is 537 g/mol. The summed E-state index contributed by atoms with van der Waals surface area (Å²) in [6.07, 6.45) is 11.4. The second kappa shape index (κ2) is 10.9. The van der Waals surface area contributed by atoms with Crippen LogP contribution in [0.15, 0.2) is 54.6 Å². The largest absolute Gasteiger partial charge is 0.396 e. The minimum Gasteiger partial charge on any atom is -0.396 e. The Morgan fingerprint density at radius 2 is 1.63 bits per heavy atom. The van der Waals surface area contributed by atoms with Gasteiger partial charge < -0.3 is 19.8 Å². The number of hydrogen-bond donors (Lipinski definition) is 1. The Hall–Kier alpha value is -2.58. The summed E-state index contributed by atoms with van der Waals surface area (Å²) in [6, 6.07) is 9.29. The molecule has 0 bridgehead atoms. The molecule has 0 aliphatic carbocycles. The maximum atomic E-state index is 14.3. The number of aliphatic hydroxyl groups excluding tert-OH is 1. The van der Waals surface area contributed by atoms with Crippen molar-refractivity contribution in [2.24, 2.45) is 11.8 Å². The van der Waals surface area contributed by atoms with Crippen molar-refractivity contribution in [2.75, 3.05) is 32.8 Å². The molecule has 2 saturated heterocycles. The molecule has 1 unspecified atom stereocenters. The number of carbonyl (C=O) groups is 3. The van der Waals surface area contributed by atoms with Crippen molar-refractivity contribution in [3.05, 3.63) is 60.2 Å². The van der Waals surface area contributed by atoms with E-state index in [-0.39, 0.29) is 24.3 Å². The van der Waals surface area contributed by atoms with Gasteiger partial charge in [-0.25, -0.2) is 0 Å². The molecular weight excluding hydrogens is 498 g/mol. The lowest BCUT2D eigenvalue weighted by Crippen LogP contribution is -2.53. The molecule has 5 atom stereocenters. The van der Waals surface area contributed by atoms with Gasteiger partial charge in [-0.1, -0.05) is 68.0 Å². The highest BCUT2D eigenvalue weighted by Gasteiger charge is 2.73. The first-order valence-corrected chi connectivity index (χ1v) is 14.8. The molecule has 204 valence electrons. The van der Waals surface area contributed by atoms with E-state index in [9.17, 15) is 19.5 Å².